The molecule has 4 heteroatoms. The van der Waals surface area contributed by atoms with E-state index < -0.39 is 0 Å². The molecule has 0 bridgehead atoms. The normalized spacial score (nSPS) is 10.6. The van der Waals surface area contributed by atoms with Crippen LogP contribution in [-0.2, 0) is 6.54 Å². The summed E-state index contributed by atoms with van der Waals surface area (Å²) in [6.45, 7) is 3.81. The van der Waals surface area contributed by atoms with Crippen molar-refractivity contribution < 1.29 is 14.6 Å². The molecule has 0 atom stereocenters. The van der Waals surface area contributed by atoms with Gasteiger partial charge in [0.2, 0.25) is 5.75 Å². The van der Waals surface area contributed by atoms with E-state index in [4.69, 9.17) is 9.47 Å². The first-order chi connectivity index (χ1) is 7.62. The Morgan fingerprint density at radius 2 is 1.94 bits per heavy atom. The Kier molecular flexibility index (Phi) is 4.43. The van der Waals surface area contributed by atoms with Gasteiger partial charge in [0.1, 0.15) is 0 Å². The molecule has 1 aromatic carbocycles. The smallest absolute Gasteiger partial charge is 0.203 e. The Labute approximate surface area is 96.4 Å². The Hall–Kier alpha value is -1.42. The molecule has 0 aliphatic rings. The molecule has 0 aromatic heterocycles. The quantitative estimate of drug-likeness (QED) is 0.830. The Balaban J connectivity index is 3.00. The highest BCUT2D eigenvalue weighted by molar-refractivity contribution is 5.52. The van der Waals surface area contributed by atoms with Crippen molar-refractivity contribution in [3.63, 3.8) is 0 Å². The maximum Gasteiger partial charge on any atom is 0.203 e. The summed E-state index contributed by atoms with van der Waals surface area (Å²) in [5.41, 5.74) is 1.000. The second-order valence-corrected chi connectivity index (χ2v) is 3.68. The molecule has 1 aromatic rings. The van der Waals surface area contributed by atoms with E-state index in [1.54, 1.807) is 13.2 Å². The van der Waals surface area contributed by atoms with Crippen LogP contribution in [0.25, 0.3) is 0 Å². The summed E-state index contributed by atoms with van der Waals surface area (Å²) in [5.74, 6) is 1.05. The van der Waals surface area contributed by atoms with Gasteiger partial charge in [0.25, 0.3) is 0 Å². The molecule has 0 spiro atoms. The predicted octanol–water partition coefficient (Wildman–Crippen LogP) is 1.86. The van der Waals surface area contributed by atoms with Gasteiger partial charge in [-0.3, -0.25) is 0 Å². The highest BCUT2D eigenvalue weighted by Gasteiger charge is 2.12. The summed E-state index contributed by atoms with van der Waals surface area (Å²) >= 11 is 0. The maximum atomic E-state index is 9.77. The zero-order valence-corrected chi connectivity index (χ0v) is 10.3. The fourth-order valence-electron chi connectivity index (χ4n) is 1.51. The van der Waals surface area contributed by atoms with Gasteiger partial charge in [-0.05, 0) is 31.3 Å². The molecular formula is C12H19NO3. The predicted molar refractivity (Wildman–Crippen MR) is 63.2 cm³/mol. The van der Waals surface area contributed by atoms with Crippen LogP contribution in [-0.4, -0.2) is 37.8 Å². The van der Waals surface area contributed by atoms with Crippen molar-refractivity contribution in [2.75, 3.05) is 27.8 Å². The first kappa shape index (κ1) is 12.6. The van der Waals surface area contributed by atoms with Crippen molar-refractivity contribution >= 4 is 0 Å². The molecular weight excluding hydrogens is 206 g/mol. The number of hydrogen-bond acceptors (Lipinski definition) is 4. The van der Waals surface area contributed by atoms with Crippen molar-refractivity contribution in [2.45, 2.75) is 13.5 Å². The zero-order chi connectivity index (χ0) is 12.1. The lowest BCUT2D eigenvalue weighted by Crippen LogP contribution is -2.16. The summed E-state index contributed by atoms with van der Waals surface area (Å²) in [7, 11) is 5.09. The molecule has 0 unspecified atom stereocenters. The van der Waals surface area contributed by atoms with E-state index in [1.165, 1.54) is 7.11 Å². The Morgan fingerprint density at radius 3 is 2.44 bits per heavy atom. The van der Waals surface area contributed by atoms with E-state index in [1.807, 2.05) is 13.1 Å². The van der Waals surface area contributed by atoms with Crippen LogP contribution in [0.5, 0.6) is 17.2 Å². The lowest BCUT2D eigenvalue weighted by molar-refractivity contribution is 0.325. The standard InChI is InChI=1S/C12H19NO3/c1-5-13(2)8-9-6-10(14)12(16-4)11(7-9)15-3/h6-7,14H,5,8H2,1-4H3. The van der Waals surface area contributed by atoms with E-state index in [2.05, 4.69) is 11.8 Å². The van der Waals surface area contributed by atoms with Gasteiger partial charge in [0, 0.05) is 6.54 Å². The van der Waals surface area contributed by atoms with Gasteiger partial charge in [0.15, 0.2) is 11.5 Å². The number of phenols is 1. The first-order valence-corrected chi connectivity index (χ1v) is 5.24. The minimum absolute atomic E-state index is 0.112. The number of nitrogens with zero attached hydrogens (tertiary/aromatic N) is 1. The average Bonchev–Trinajstić information content (AvgIpc) is 2.28. The van der Waals surface area contributed by atoms with Gasteiger partial charge in [0.05, 0.1) is 14.2 Å². The molecule has 0 amide bonds. The third-order valence-electron chi connectivity index (χ3n) is 2.51. The summed E-state index contributed by atoms with van der Waals surface area (Å²) in [4.78, 5) is 2.14. The van der Waals surface area contributed by atoms with Gasteiger partial charge in [-0.25, -0.2) is 0 Å². The minimum Gasteiger partial charge on any atom is -0.504 e. The molecule has 4 nitrogen and oxygen atoms in total. The SMILES string of the molecule is CCN(C)Cc1cc(O)c(OC)c(OC)c1. The zero-order valence-electron chi connectivity index (χ0n) is 10.3. The molecule has 0 saturated heterocycles. The van der Waals surface area contributed by atoms with Gasteiger partial charge in [-0.2, -0.15) is 0 Å². The van der Waals surface area contributed by atoms with E-state index in [0.29, 0.717) is 11.5 Å². The topological polar surface area (TPSA) is 41.9 Å². The van der Waals surface area contributed by atoms with Gasteiger partial charge < -0.3 is 19.5 Å². The fraction of sp³-hybridized carbons (Fsp3) is 0.500. The van der Waals surface area contributed by atoms with Crippen LogP contribution in [0.1, 0.15) is 12.5 Å². The number of methoxy groups -OCH3 is 2. The Morgan fingerprint density at radius 1 is 1.25 bits per heavy atom. The first-order valence-electron chi connectivity index (χ1n) is 5.24. The number of aromatic hydroxyl groups is 1. The minimum atomic E-state index is 0.112. The highest BCUT2D eigenvalue weighted by atomic mass is 16.5. The highest BCUT2D eigenvalue weighted by Crippen LogP contribution is 2.37. The van der Waals surface area contributed by atoms with Gasteiger partial charge in [-0.1, -0.05) is 6.92 Å². The fourth-order valence-corrected chi connectivity index (χ4v) is 1.51. The van der Waals surface area contributed by atoms with E-state index in [-0.39, 0.29) is 5.75 Å². The molecule has 90 valence electrons. The van der Waals surface area contributed by atoms with Crippen LogP contribution in [0.2, 0.25) is 0 Å². The second-order valence-electron chi connectivity index (χ2n) is 3.68. The monoisotopic (exact) mass is 225 g/mol. The summed E-state index contributed by atoms with van der Waals surface area (Å²) < 4.78 is 10.2. The average molecular weight is 225 g/mol. The number of ether oxygens (including phenoxy) is 2. The van der Waals surface area contributed by atoms with Crippen LogP contribution in [0.15, 0.2) is 12.1 Å². The lowest BCUT2D eigenvalue weighted by Gasteiger charge is -2.16. The number of rotatable bonds is 5. The number of hydrogen-bond donors (Lipinski definition) is 1. The number of phenolic OH excluding ortho intramolecular Hbond substituents is 1. The largest absolute Gasteiger partial charge is 0.504 e. The van der Waals surface area contributed by atoms with Crippen LogP contribution >= 0.6 is 0 Å². The lowest BCUT2D eigenvalue weighted by atomic mass is 10.1. The molecule has 0 radical (unpaired) electrons. The third-order valence-corrected chi connectivity index (χ3v) is 2.51. The van der Waals surface area contributed by atoms with E-state index >= 15 is 0 Å². The van der Waals surface area contributed by atoms with Crippen molar-refractivity contribution in [3.05, 3.63) is 17.7 Å². The van der Waals surface area contributed by atoms with Gasteiger partial charge in [-0.15, -0.1) is 0 Å². The summed E-state index contributed by atoms with van der Waals surface area (Å²) in [5, 5.41) is 9.77. The van der Waals surface area contributed by atoms with E-state index in [0.717, 1.165) is 18.7 Å². The summed E-state index contributed by atoms with van der Waals surface area (Å²) in [6.07, 6.45) is 0. The molecule has 0 saturated carbocycles. The summed E-state index contributed by atoms with van der Waals surface area (Å²) in [6, 6.07) is 3.58. The molecule has 0 heterocycles. The molecule has 16 heavy (non-hydrogen) atoms. The van der Waals surface area contributed by atoms with Crippen LogP contribution in [0, 0.1) is 0 Å². The van der Waals surface area contributed by atoms with Crippen LogP contribution in [0.4, 0.5) is 0 Å². The van der Waals surface area contributed by atoms with Crippen LogP contribution in [0.3, 0.4) is 0 Å². The van der Waals surface area contributed by atoms with Crippen molar-refractivity contribution in [2.24, 2.45) is 0 Å². The Bertz CT molecular complexity index is 352. The molecule has 0 aliphatic carbocycles. The maximum absolute atomic E-state index is 9.77. The third kappa shape index (κ3) is 2.79. The van der Waals surface area contributed by atoms with Crippen molar-refractivity contribution in [1.82, 2.24) is 4.90 Å². The van der Waals surface area contributed by atoms with Crippen molar-refractivity contribution in [3.8, 4) is 17.2 Å². The molecule has 0 fully saturated rings. The molecule has 1 rings (SSSR count). The molecule has 1 N–H and O–H groups in total. The number of benzene rings is 1. The van der Waals surface area contributed by atoms with Gasteiger partial charge >= 0.3 is 0 Å². The van der Waals surface area contributed by atoms with Crippen LogP contribution < -0.4 is 9.47 Å². The second kappa shape index (κ2) is 5.61. The van der Waals surface area contributed by atoms with Crippen molar-refractivity contribution in [1.29, 1.82) is 0 Å². The molecule has 0 aliphatic heterocycles. The van der Waals surface area contributed by atoms with E-state index in [9.17, 15) is 5.11 Å².